The van der Waals surface area contributed by atoms with Gasteiger partial charge in [0.2, 0.25) is 10.0 Å². The van der Waals surface area contributed by atoms with E-state index in [1.165, 1.54) is 46.8 Å². The molecule has 7 nitrogen and oxygen atoms in total. The van der Waals surface area contributed by atoms with E-state index in [1.807, 2.05) is 13.8 Å². The largest absolute Gasteiger partial charge is 0.489 e. The Morgan fingerprint density at radius 2 is 1.73 bits per heavy atom. The van der Waals surface area contributed by atoms with E-state index >= 15 is 0 Å². The maximum Gasteiger partial charge on any atom is 0.262 e. The molecule has 0 unspecified atom stereocenters. The highest BCUT2D eigenvalue weighted by Crippen LogP contribution is 2.30. The lowest BCUT2D eigenvalue weighted by Crippen LogP contribution is -2.30. The van der Waals surface area contributed by atoms with Crippen molar-refractivity contribution in [1.82, 2.24) is 4.31 Å². The lowest BCUT2D eigenvalue weighted by molar-refractivity contribution is -0.118. The number of hydrogen-bond acceptors (Lipinski definition) is 5. The van der Waals surface area contributed by atoms with Crippen molar-refractivity contribution in [2.24, 2.45) is 0 Å². The van der Waals surface area contributed by atoms with Crippen LogP contribution < -0.4 is 14.8 Å². The van der Waals surface area contributed by atoms with Crippen LogP contribution >= 0.6 is 0 Å². The number of nitrogens with one attached hydrogen (secondary N) is 1. The van der Waals surface area contributed by atoms with Gasteiger partial charge < -0.3 is 14.8 Å². The predicted molar refractivity (Wildman–Crippen MR) is 113 cm³/mol. The first-order valence-corrected chi connectivity index (χ1v) is 11.1. The van der Waals surface area contributed by atoms with Crippen molar-refractivity contribution in [3.05, 3.63) is 48.3 Å². The average molecular weight is 439 g/mol. The zero-order valence-corrected chi connectivity index (χ0v) is 18.3. The Morgan fingerprint density at radius 1 is 1.10 bits per heavy atom. The molecule has 2 aromatic carbocycles. The monoisotopic (exact) mass is 438 g/mol. The first-order valence-electron chi connectivity index (χ1n) is 9.66. The van der Waals surface area contributed by atoms with E-state index in [0.29, 0.717) is 24.6 Å². The molecule has 0 fully saturated rings. The van der Waals surface area contributed by atoms with E-state index in [2.05, 4.69) is 5.32 Å². The molecule has 1 N–H and O–H groups in total. The van der Waals surface area contributed by atoms with Crippen molar-refractivity contribution in [3.63, 3.8) is 0 Å². The zero-order valence-electron chi connectivity index (χ0n) is 17.5. The standard InChI is InChI=1S/C21H27FN2O5S/c1-5-24(6-2)30(26,27)18-11-12-20(29-15(3)4)19(13-18)23-21(25)14-28-17-9-7-16(22)8-10-17/h7-13,15H,5-6,14H2,1-4H3,(H,23,25). The molecule has 0 saturated carbocycles. The van der Waals surface area contributed by atoms with Crippen molar-refractivity contribution < 1.29 is 27.1 Å². The summed E-state index contributed by atoms with van der Waals surface area (Å²) >= 11 is 0. The third kappa shape index (κ3) is 6.17. The summed E-state index contributed by atoms with van der Waals surface area (Å²) in [5.74, 6) is -0.236. The summed E-state index contributed by atoms with van der Waals surface area (Å²) in [5.41, 5.74) is 0.227. The first-order chi connectivity index (χ1) is 14.2. The van der Waals surface area contributed by atoms with Crippen LogP contribution in [0.25, 0.3) is 0 Å². The molecule has 2 rings (SSSR count). The predicted octanol–water partition coefficient (Wildman–Crippen LogP) is 3.66. The SMILES string of the molecule is CCN(CC)S(=O)(=O)c1ccc(OC(C)C)c(NC(=O)COc2ccc(F)cc2)c1. The summed E-state index contributed by atoms with van der Waals surface area (Å²) in [7, 11) is -3.70. The van der Waals surface area contributed by atoms with Gasteiger partial charge in [0.05, 0.1) is 16.7 Å². The number of nitrogens with zero attached hydrogens (tertiary/aromatic N) is 1. The van der Waals surface area contributed by atoms with Crippen LogP contribution in [0, 0.1) is 5.82 Å². The molecular weight excluding hydrogens is 411 g/mol. The molecule has 0 bridgehead atoms. The summed E-state index contributed by atoms with van der Waals surface area (Å²) in [6, 6.07) is 9.62. The number of ether oxygens (including phenoxy) is 2. The lowest BCUT2D eigenvalue weighted by Gasteiger charge is -2.20. The zero-order chi connectivity index (χ0) is 22.3. The van der Waals surface area contributed by atoms with Crippen LogP contribution in [0.4, 0.5) is 10.1 Å². The summed E-state index contributed by atoms with van der Waals surface area (Å²) in [6.45, 7) is 7.49. The molecule has 0 heterocycles. The third-order valence-electron chi connectivity index (χ3n) is 4.11. The van der Waals surface area contributed by atoms with Gasteiger partial charge in [0.1, 0.15) is 17.3 Å². The summed E-state index contributed by atoms with van der Waals surface area (Å²) in [4.78, 5) is 12.4. The number of benzene rings is 2. The van der Waals surface area contributed by atoms with E-state index in [9.17, 15) is 17.6 Å². The minimum absolute atomic E-state index is 0.0528. The highest BCUT2D eigenvalue weighted by molar-refractivity contribution is 7.89. The molecule has 0 atom stereocenters. The van der Waals surface area contributed by atoms with Crippen molar-refractivity contribution in [2.45, 2.75) is 38.7 Å². The van der Waals surface area contributed by atoms with Crippen molar-refractivity contribution in [3.8, 4) is 11.5 Å². The number of carbonyl (C=O) groups is 1. The second-order valence-corrected chi connectivity index (χ2v) is 8.64. The first kappa shape index (κ1) is 23.6. The number of hydrogen-bond donors (Lipinski definition) is 1. The van der Waals surface area contributed by atoms with Gasteiger partial charge in [0, 0.05) is 13.1 Å². The van der Waals surface area contributed by atoms with Crippen LogP contribution in [0.3, 0.4) is 0 Å². The van der Waals surface area contributed by atoms with Crippen LogP contribution in [0.15, 0.2) is 47.4 Å². The molecule has 9 heteroatoms. The summed E-state index contributed by atoms with van der Waals surface area (Å²) in [5, 5.41) is 2.64. The number of sulfonamides is 1. The van der Waals surface area contributed by atoms with Crippen molar-refractivity contribution in [1.29, 1.82) is 0 Å². The molecule has 0 aliphatic rings. The highest BCUT2D eigenvalue weighted by Gasteiger charge is 2.23. The van der Waals surface area contributed by atoms with Crippen molar-refractivity contribution >= 4 is 21.6 Å². The molecule has 0 aliphatic heterocycles. The number of carbonyl (C=O) groups excluding carboxylic acids is 1. The Kier molecular flexibility index (Phi) is 8.19. The molecule has 2 aromatic rings. The molecule has 164 valence electrons. The second kappa shape index (κ2) is 10.4. The fraction of sp³-hybridized carbons (Fsp3) is 0.381. The summed E-state index contributed by atoms with van der Waals surface area (Å²) in [6.07, 6.45) is -0.179. The number of anilines is 1. The van der Waals surface area contributed by atoms with Gasteiger partial charge in [-0.05, 0) is 56.3 Å². The Balaban J connectivity index is 2.24. The lowest BCUT2D eigenvalue weighted by atomic mass is 10.3. The average Bonchev–Trinajstić information content (AvgIpc) is 2.69. The fourth-order valence-electron chi connectivity index (χ4n) is 2.70. The Labute approximate surface area is 176 Å². The van der Waals surface area contributed by atoms with Gasteiger partial charge in [0.25, 0.3) is 5.91 Å². The Bertz CT molecular complexity index is 958. The molecule has 0 aliphatic carbocycles. The van der Waals surface area contributed by atoms with Crippen LogP contribution in [0.5, 0.6) is 11.5 Å². The summed E-state index contributed by atoms with van der Waals surface area (Å²) < 4.78 is 51.0. The molecular formula is C21H27FN2O5S. The number of amides is 1. The van der Waals surface area contributed by atoms with Gasteiger partial charge in [0.15, 0.2) is 6.61 Å². The minimum Gasteiger partial charge on any atom is -0.489 e. The Morgan fingerprint density at radius 3 is 2.30 bits per heavy atom. The van der Waals surface area contributed by atoms with E-state index in [1.54, 1.807) is 13.8 Å². The third-order valence-corrected chi connectivity index (χ3v) is 6.16. The van der Waals surface area contributed by atoms with Gasteiger partial charge in [-0.2, -0.15) is 4.31 Å². The fourth-order valence-corrected chi connectivity index (χ4v) is 4.19. The number of halogens is 1. The van der Waals surface area contributed by atoms with Gasteiger partial charge >= 0.3 is 0 Å². The molecule has 30 heavy (non-hydrogen) atoms. The maximum absolute atomic E-state index is 13.0. The van der Waals surface area contributed by atoms with Crippen LogP contribution in [-0.2, 0) is 14.8 Å². The van der Waals surface area contributed by atoms with Gasteiger partial charge in [-0.15, -0.1) is 0 Å². The molecule has 0 spiro atoms. The van der Waals surface area contributed by atoms with Gasteiger partial charge in [-0.25, -0.2) is 12.8 Å². The van der Waals surface area contributed by atoms with E-state index < -0.39 is 21.7 Å². The molecule has 0 radical (unpaired) electrons. The van der Waals surface area contributed by atoms with Crippen LogP contribution in [-0.4, -0.2) is 44.4 Å². The van der Waals surface area contributed by atoms with Crippen LogP contribution in [0.2, 0.25) is 0 Å². The highest BCUT2D eigenvalue weighted by atomic mass is 32.2. The topological polar surface area (TPSA) is 84.9 Å². The maximum atomic E-state index is 13.0. The smallest absolute Gasteiger partial charge is 0.262 e. The van der Waals surface area contributed by atoms with Gasteiger partial charge in [-0.1, -0.05) is 13.8 Å². The normalized spacial score (nSPS) is 11.6. The van der Waals surface area contributed by atoms with Crippen molar-refractivity contribution in [2.75, 3.05) is 25.0 Å². The van der Waals surface area contributed by atoms with E-state index in [0.717, 1.165) is 0 Å². The molecule has 0 aromatic heterocycles. The number of rotatable bonds is 10. The minimum atomic E-state index is -3.70. The Hall–Kier alpha value is -2.65. The van der Waals surface area contributed by atoms with Gasteiger partial charge in [-0.3, -0.25) is 4.79 Å². The quantitative estimate of drug-likeness (QED) is 0.612. The van der Waals surface area contributed by atoms with Crippen LogP contribution in [0.1, 0.15) is 27.7 Å². The van der Waals surface area contributed by atoms with E-state index in [-0.39, 0.29) is 23.3 Å². The molecule has 1 amide bonds. The second-order valence-electron chi connectivity index (χ2n) is 6.70. The molecule has 0 saturated heterocycles. The van der Waals surface area contributed by atoms with E-state index in [4.69, 9.17) is 9.47 Å².